The molecule has 1 heterocycles. The number of guanidine groups is 1. The Labute approximate surface area is 153 Å². The van der Waals surface area contributed by atoms with E-state index in [2.05, 4.69) is 27.5 Å². The summed E-state index contributed by atoms with van der Waals surface area (Å²) in [5.41, 5.74) is 1.86. The van der Waals surface area contributed by atoms with Crippen LogP contribution in [0.4, 0.5) is 0 Å². The average molecular weight is 362 g/mol. The van der Waals surface area contributed by atoms with Gasteiger partial charge in [-0.15, -0.1) is 11.3 Å². The summed E-state index contributed by atoms with van der Waals surface area (Å²) in [5, 5.41) is 17.7. The lowest BCUT2D eigenvalue weighted by atomic mass is 10.1. The number of aliphatic hydroxyl groups excluding tert-OH is 1. The molecular weight excluding hydrogens is 336 g/mol. The molecule has 2 aromatic rings. The van der Waals surface area contributed by atoms with Gasteiger partial charge in [0, 0.05) is 18.0 Å². The largest absolute Gasteiger partial charge is 0.497 e. The fourth-order valence-corrected chi connectivity index (χ4v) is 3.11. The number of thiazole rings is 1. The Morgan fingerprint density at radius 1 is 1.36 bits per heavy atom. The number of hydrogen-bond donors (Lipinski definition) is 3. The first-order valence-electron chi connectivity index (χ1n) is 8.30. The molecule has 0 saturated heterocycles. The molecule has 25 heavy (non-hydrogen) atoms. The number of hydrogen-bond acceptors (Lipinski definition) is 5. The van der Waals surface area contributed by atoms with Crippen LogP contribution in [-0.2, 0) is 6.54 Å². The third kappa shape index (κ3) is 5.72. The molecule has 0 aliphatic heterocycles. The van der Waals surface area contributed by atoms with Crippen LogP contribution in [0.2, 0.25) is 0 Å². The highest BCUT2D eigenvalue weighted by atomic mass is 32.1. The summed E-state index contributed by atoms with van der Waals surface area (Å²) in [4.78, 5) is 10.3. The van der Waals surface area contributed by atoms with Crippen LogP contribution in [-0.4, -0.2) is 36.2 Å². The highest BCUT2D eigenvalue weighted by Gasteiger charge is 2.10. The summed E-state index contributed by atoms with van der Waals surface area (Å²) >= 11 is 1.66. The number of rotatable bonds is 7. The van der Waals surface area contributed by atoms with Gasteiger partial charge in [0.15, 0.2) is 5.96 Å². The summed E-state index contributed by atoms with van der Waals surface area (Å²) in [5.74, 6) is 1.39. The lowest BCUT2D eigenvalue weighted by molar-refractivity contribution is 0.180. The van der Waals surface area contributed by atoms with Crippen molar-refractivity contribution in [2.75, 3.05) is 20.2 Å². The Bertz CT molecular complexity index is 695. The quantitative estimate of drug-likeness (QED) is 0.521. The highest BCUT2D eigenvalue weighted by Crippen LogP contribution is 2.19. The van der Waals surface area contributed by atoms with Crippen molar-refractivity contribution in [2.45, 2.75) is 33.4 Å². The molecule has 0 fully saturated rings. The van der Waals surface area contributed by atoms with Crippen molar-refractivity contribution in [1.29, 1.82) is 0 Å². The van der Waals surface area contributed by atoms with Crippen LogP contribution in [0, 0.1) is 13.8 Å². The van der Waals surface area contributed by atoms with E-state index in [1.807, 2.05) is 38.1 Å². The molecule has 1 atom stereocenters. The summed E-state index contributed by atoms with van der Waals surface area (Å²) in [6, 6.07) is 7.43. The van der Waals surface area contributed by atoms with Crippen molar-refractivity contribution in [3.63, 3.8) is 0 Å². The van der Waals surface area contributed by atoms with Crippen molar-refractivity contribution in [3.05, 3.63) is 45.4 Å². The molecule has 0 bridgehead atoms. The zero-order valence-electron chi connectivity index (χ0n) is 15.2. The van der Waals surface area contributed by atoms with E-state index in [9.17, 15) is 5.11 Å². The molecule has 3 N–H and O–H groups in total. The van der Waals surface area contributed by atoms with E-state index in [1.54, 1.807) is 18.4 Å². The second-order valence-electron chi connectivity index (χ2n) is 5.62. The van der Waals surface area contributed by atoms with E-state index in [-0.39, 0.29) is 0 Å². The first-order chi connectivity index (χ1) is 12.0. The highest BCUT2D eigenvalue weighted by molar-refractivity contribution is 7.11. The number of benzene rings is 1. The van der Waals surface area contributed by atoms with Gasteiger partial charge < -0.3 is 20.5 Å². The summed E-state index contributed by atoms with van der Waals surface area (Å²) in [6.07, 6.45) is -0.650. The van der Waals surface area contributed by atoms with E-state index in [1.165, 1.54) is 4.88 Å². The number of ether oxygens (including phenoxy) is 1. The van der Waals surface area contributed by atoms with Crippen LogP contribution in [0.1, 0.15) is 34.2 Å². The number of aliphatic imine (C=N–C) groups is 1. The zero-order chi connectivity index (χ0) is 18.2. The number of aryl methyl sites for hydroxylation is 2. The fraction of sp³-hybridized carbons (Fsp3) is 0.444. The number of aliphatic hydroxyl groups is 1. The van der Waals surface area contributed by atoms with Crippen LogP contribution in [0.5, 0.6) is 5.75 Å². The fourth-order valence-electron chi connectivity index (χ4n) is 2.26. The predicted molar refractivity (Wildman–Crippen MR) is 102 cm³/mol. The first-order valence-corrected chi connectivity index (χ1v) is 9.12. The SMILES string of the molecule is CCNC(=NCc1nc(C)c(C)s1)NCC(O)c1cccc(OC)c1. The molecule has 1 aromatic heterocycles. The van der Waals surface area contributed by atoms with E-state index in [0.29, 0.717) is 19.0 Å². The Morgan fingerprint density at radius 2 is 2.16 bits per heavy atom. The Hall–Kier alpha value is -2.12. The molecule has 2 rings (SSSR count). The standard InChI is InChI=1S/C18H26N4O2S/c1-5-19-18(21-11-17-22-12(2)13(3)25-17)20-10-16(23)14-7-6-8-15(9-14)24-4/h6-9,16,23H,5,10-11H2,1-4H3,(H2,19,20,21). The van der Waals surface area contributed by atoms with E-state index < -0.39 is 6.10 Å². The topological polar surface area (TPSA) is 78.8 Å². The van der Waals surface area contributed by atoms with Gasteiger partial charge in [-0.2, -0.15) is 0 Å². The van der Waals surface area contributed by atoms with Crippen molar-refractivity contribution in [1.82, 2.24) is 15.6 Å². The third-order valence-corrected chi connectivity index (χ3v) is 4.79. The van der Waals surface area contributed by atoms with Crippen molar-refractivity contribution in [3.8, 4) is 5.75 Å². The number of methoxy groups -OCH3 is 1. The van der Waals surface area contributed by atoms with Crippen LogP contribution in [0.3, 0.4) is 0 Å². The molecule has 136 valence electrons. The molecule has 6 nitrogen and oxygen atoms in total. The maximum atomic E-state index is 10.4. The van der Waals surface area contributed by atoms with Gasteiger partial charge in [-0.25, -0.2) is 9.98 Å². The molecule has 0 aliphatic rings. The monoisotopic (exact) mass is 362 g/mol. The van der Waals surface area contributed by atoms with Crippen molar-refractivity contribution in [2.24, 2.45) is 4.99 Å². The normalized spacial score (nSPS) is 12.8. The smallest absolute Gasteiger partial charge is 0.191 e. The lowest BCUT2D eigenvalue weighted by Crippen LogP contribution is -2.39. The lowest BCUT2D eigenvalue weighted by Gasteiger charge is -2.16. The summed E-state index contributed by atoms with van der Waals surface area (Å²) < 4.78 is 5.19. The predicted octanol–water partition coefficient (Wildman–Crippen LogP) is 2.56. The summed E-state index contributed by atoms with van der Waals surface area (Å²) in [7, 11) is 1.61. The van der Waals surface area contributed by atoms with Gasteiger partial charge in [-0.1, -0.05) is 12.1 Å². The second-order valence-corrected chi connectivity index (χ2v) is 6.91. The van der Waals surface area contributed by atoms with Gasteiger partial charge >= 0.3 is 0 Å². The average Bonchev–Trinajstić information content (AvgIpc) is 2.95. The maximum absolute atomic E-state index is 10.4. The molecule has 7 heteroatoms. The van der Waals surface area contributed by atoms with Gasteiger partial charge in [0.25, 0.3) is 0 Å². The first kappa shape index (κ1) is 19.2. The van der Waals surface area contributed by atoms with Gasteiger partial charge in [-0.05, 0) is 38.5 Å². The Balaban J connectivity index is 1.96. The van der Waals surface area contributed by atoms with Crippen LogP contribution >= 0.6 is 11.3 Å². The minimum atomic E-state index is -0.650. The molecule has 0 spiro atoms. The molecule has 1 aromatic carbocycles. The molecule has 0 aliphatic carbocycles. The molecular formula is C18H26N4O2S. The molecule has 0 radical (unpaired) electrons. The van der Waals surface area contributed by atoms with Crippen LogP contribution < -0.4 is 15.4 Å². The number of aromatic nitrogens is 1. The molecule has 1 unspecified atom stereocenters. The Morgan fingerprint density at radius 3 is 2.80 bits per heavy atom. The van der Waals surface area contributed by atoms with E-state index in [4.69, 9.17) is 4.74 Å². The van der Waals surface area contributed by atoms with Crippen LogP contribution in [0.15, 0.2) is 29.3 Å². The Kier molecular flexibility index (Phi) is 7.21. The van der Waals surface area contributed by atoms with E-state index in [0.717, 1.165) is 28.6 Å². The minimum Gasteiger partial charge on any atom is -0.497 e. The van der Waals surface area contributed by atoms with Gasteiger partial charge in [0.1, 0.15) is 10.8 Å². The maximum Gasteiger partial charge on any atom is 0.191 e. The van der Waals surface area contributed by atoms with Gasteiger partial charge in [0.05, 0.1) is 25.5 Å². The molecule has 0 saturated carbocycles. The number of nitrogens with one attached hydrogen (secondary N) is 2. The van der Waals surface area contributed by atoms with Crippen molar-refractivity contribution >= 4 is 17.3 Å². The summed E-state index contributed by atoms with van der Waals surface area (Å²) in [6.45, 7) is 7.70. The molecule has 0 amide bonds. The second kappa shape index (κ2) is 9.39. The van der Waals surface area contributed by atoms with Gasteiger partial charge in [0.2, 0.25) is 0 Å². The third-order valence-electron chi connectivity index (χ3n) is 3.73. The number of nitrogens with zero attached hydrogens (tertiary/aromatic N) is 2. The van der Waals surface area contributed by atoms with Gasteiger partial charge in [-0.3, -0.25) is 0 Å². The minimum absolute atomic E-state index is 0.356. The van der Waals surface area contributed by atoms with Crippen molar-refractivity contribution < 1.29 is 9.84 Å². The van der Waals surface area contributed by atoms with Crippen LogP contribution in [0.25, 0.3) is 0 Å². The zero-order valence-corrected chi connectivity index (χ0v) is 16.0. The van der Waals surface area contributed by atoms with E-state index >= 15 is 0 Å².